The number of carbonyl (C=O) groups excluding carboxylic acids is 1. The molecule has 0 spiro atoms. The number of amides is 1. The van der Waals surface area contributed by atoms with Gasteiger partial charge < -0.3 is 18.4 Å². The average molecular weight is 499 g/mol. The van der Waals surface area contributed by atoms with Gasteiger partial charge in [-0.1, -0.05) is 24.3 Å². The van der Waals surface area contributed by atoms with Gasteiger partial charge >= 0.3 is 10.1 Å². The molecule has 3 rings (SSSR count). The molecule has 184 valence electrons. The minimum absolute atomic E-state index is 0.0276. The monoisotopic (exact) mass is 498 g/mol. The first-order valence-corrected chi connectivity index (χ1v) is 11.9. The van der Waals surface area contributed by atoms with Crippen molar-refractivity contribution in [1.29, 1.82) is 0 Å². The van der Waals surface area contributed by atoms with Crippen LogP contribution in [0.5, 0.6) is 23.0 Å². The van der Waals surface area contributed by atoms with Crippen LogP contribution in [-0.4, -0.2) is 41.4 Å². The Morgan fingerprint density at radius 2 is 1.63 bits per heavy atom. The van der Waals surface area contributed by atoms with E-state index in [1.165, 1.54) is 32.6 Å². The van der Waals surface area contributed by atoms with Crippen molar-refractivity contribution in [3.63, 3.8) is 0 Å². The zero-order chi connectivity index (χ0) is 25.4. The molecular weight excluding hydrogens is 472 g/mol. The molecular formula is C25H26N2O7S. The molecule has 0 aliphatic carbocycles. The van der Waals surface area contributed by atoms with Gasteiger partial charge in [-0.3, -0.25) is 4.79 Å². The highest BCUT2D eigenvalue weighted by Crippen LogP contribution is 2.31. The first kappa shape index (κ1) is 25.6. The summed E-state index contributed by atoms with van der Waals surface area (Å²) in [5.74, 6) is 0.690. The third kappa shape index (κ3) is 6.73. The Morgan fingerprint density at radius 3 is 2.34 bits per heavy atom. The van der Waals surface area contributed by atoms with Crippen molar-refractivity contribution in [3.05, 3.63) is 77.4 Å². The molecule has 1 amide bonds. The molecule has 0 bridgehead atoms. The van der Waals surface area contributed by atoms with Crippen molar-refractivity contribution in [2.75, 3.05) is 20.8 Å². The molecule has 1 N–H and O–H groups in total. The maximum Gasteiger partial charge on any atom is 0.339 e. The number of benzene rings is 3. The van der Waals surface area contributed by atoms with E-state index in [1.807, 2.05) is 6.07 Å². The summed E-state index contributed by atoms with van der Waals surface area (Å²) in [5, 5.41) is 3.89. The molecule has 3 aromatic carbocycles. The van der Waals surface area contributed by atoms with E-state index in [4.69, 9.17) is 18.4 Å². The fourth-order valence-electron chi connectivity index (χ4n) is 3.07. The van der Waals surface area contributed by atoms with Crippen molar-refractivity contribution in [2.45, 2.75) is 18.7 Å². The van der Waals surface area contributed by atoms with Crippen molar-refractivity contribution >= 4 is 22.2 Å². The summed E-state index contributed by atoms with van der Waals surface area (Å²) in [6.45, 7) is 3.24. The highest BCUT2D eigenvalue weighted by molar-refractivity contribution is 7.87. The lowest BCUT2D eigenvalue weighted by atomic mass is 10.2. The third-order valence-corrected chi connectivity index (χ3v) is 6.21. The molecule has 35 heavy (non-hydrogen) atoms. The fraction of sp³-hybridized carbons (Fsp3) is 0.200. The summed E-state index contributed by atoms with van der Waals surface area (Å²) in [7, 11) is -1.16. The third-order valence-electron chi connectivity index (χ3n) is 4.83. The largest absolute Gasteiger partial charge is 0.493 e. The van der Waals surface area contributed by atoms with Gasteiger partial charge in [0.1, 0.15) is 4.90 Å². The molecule has 0 aromatic heterocycles. The first-order valence-electron chi connectivity index (χ1n) is 10.5. The van der Waals surface area contributed by atoms with Gasteiger partial charge in [0.15, 0.2) is 29.6 Å². The maximum absolute atomic E-state index is 12.8. The smallest absolute Gasteiger partial charge is 0.339 e. The van der Waals surface area contributed by atoms with Gasteiger partial charge in [0.25, 0.3) is 5.91 Å². The second kappa shape index (κ2) is 11.4. The second-order valence-electron chi connectivity index (χ2n) is 7.45. The molecule has 0 saturated heterocycles. The number of hydrogen-bond acceptors (Lipinski definition) is 8. The molecule has 0 atom stereocenters. The number of nitrogens with zero attached hydrogens (tertiary/aromatic N) is 1. The zero-order valence-corrected chi connectivity index (χ0v) is 20.6. The highest BCUT2D eigenvalue weighted by atomic mass is 32.2. The molecule has 0 fully saturated rings. The summed E-state index contributed by atoms with van der Waals surface area (Å²) >= 11 is 0. The minimum Gasteiger partial charge on any atom is -0.493 e. The van der Waals surface area contributed by atoms with Crippen molar-refractivity contribution in [3.8, 4) is 23.0 Å². The molecule has 9 nitrogen and oxygen atoms in total. The van der Waals surface area contributed by atoms with Gasteiger partial charge in [-0.05, 0) is 66.9 Å². The van der Waals surface area contributed by atoms with Gasteiger partial charge in [-0.25, -0.2) is 5.43 Å². The summed E-state index contributed by atoms with van der Waals surface area (Å²) in [6, 6.07) is 16.6. The number of ether oxygens (including phenoxy) is 3. The predicted octanol–water partition coefficient (Wildman–Crippen LogP) is 3.62. The predicted molar refractivity (Wildman–Crippen MR) is 131 cm³/mol. The van der Waals surface area contributed by atoms with Crippen LogP contribution in [0.3, 0.4) is 0 Å². The number of rotatable bonds is 10. The van der Waals surface area contributed by atoms with Crippen molar-refractivity contribution in [2.24, 2.45) is 5.10 Å². The van der Waals surface area contributed by atoms with Crippen LogP contribution in [-0.2, 0) is 14.9 Å². The van der Waals surface area contributed by atoms with E-state index in [0.717, 1.165) is 5.56 Å². The molecule has 0 unspecified atom stereocenters. The number of hydrogen-bond donors (Lipinski definition) is 1. The van der Waals surface area contributed by atoms with E-state index in [2.05, 4.69) is 10.5 Å². The van der Waals surface area contributed by atoms with E-state index in [-0.39, 0.29) is 23.0 Å². The van der Waals surface area contributed by atoms with Crippen molar-refractivity contribution in [1.82, 2.24) is 5.43 Å². The SMILES string of the molecule is COc1ccccc1OCC(=O)NN=Cc1ccc(OS(=O)(=O)c2cc(C)ccc2C)c(OC)c1. The van der Waals surface area contributed by atoms with E-state index in [9.17, 15) is 13.2 Å². The molecule has 3 aromatic rings. The molecule has 0 aliphatic rings. The van der Waals surface area contributed by atoms with Crippen LogP contribution in [0, 0.1) is 13.8 Å². The summed E-state index contributed by atoms with van der Waals surface area (Å²) in [6.07, 6.45) is 1.38. The molecule has 0 saturated carbocycles. The van der Waals surface area contributed by atoms with Gasteiger partial charge in [0.2, 0.25) is 0 Å². The van der Waals surface area contributed by atoms with E-state index in [0.29, 0.717) is 22.6 Å². The Hall–Kier alpha value is -4.05. The lowest BCUT2D eigenvalue weighted by Gasteiger charge is -2.13. The normalized spacial score (nSPS) is 11.2. The summed E-state index contributed by atoms with van der Waals surface area (Å²) < 4.78 is 46.9. The van der Waals surface area contributed by atoms with Crippen molar-refractivity contribution < 1.29 is 31.6 Å². The van der Waals surface area contributed by atoms with Gasteiger partial charge in [-0.2, -0.15) is 13.5 Å². The zero-order valence-electron chi connectivity index (χ0n) is 19.8. The Bertz CT molecular complexity index is 1340. The maximum atomic E-state index is 12.8. The lowest BCUT2D eigenvalue weighted by Crippen LogP contribution is -2.24. The van der Waals surface area contributed by atoms with Crippen LogP contribution in [0.4, 0.5) is 0 Å². The quantitative estimate of drug-likeness (QED) is 0.258. The standard InChI is InChI=1S/C25H26N2O7S/c1-17-9-10-18(2)24(13-17)35(29,30)34-22-12-11-19(14-23(22)32-4)15-26-27-25(28)16-33-21-8-6-5-7-20(21)31-3/h5-15H,16H2,1-4H3,(H,27,28). The number of hydrazone groups is 1. The Morgan fingerprint density at radius 1 is 0.914 bits per heavy atom. The van der Waals surface area contributed by atoms with Crippen LogP contribution in [0.1, 0.15) is 16.7 Å². The first-order chi connectivity index (χ1) is 16.7. The van der Waals surface area contributed by atoms with E-state index >= 15 is 0 Å². The fourth-order valence-corrected chi connectivity index (χ4v) is 4.32. The number of methoxy groups -OCH3 is 2. The number of nitrogens with one attached hydrogen (secondary N) is 1. The molecule has 0 radical (unpaired) electrons. The summed E-state index contributed by atoms with van der Waals surface area (Å²) in [5.41, 5.74) is 4.28. The van der Waals surface area contributed by atoms with Gasteiger partial charge in [0.05, 0.1) is 20.4 Å². The highest BCUT2D eigenvalue weighted by Gasteiger charge is 2.21. The number of carbonyl (C=O) groups is 1. The lowest BCUT2D eigenvalue weighted by molar-refractivity contribution is -0.123. The number of para-hydroxylation sites is 2. The molecule has 0 heterocycles. The van der Waals surface area contributed by atoms with Crippen LogP contribution < -0.4 is 23.8 Å². The summed E-state index contributed by atoms with van der Waals surface area (Å²) in [4.78, 5) is 12.1. The van der Waals surface area contributed by atoms with Gasteiger partial charge in [-0.15, -0.1) is 0 Å². The van der Waals surface area contributed by atoms with Crippen LogP contribution in [0.15, 0.2) is 70.7 Å². The molecule has 10 heteroatoms. The van der Waals surface area contributed by atoms with Gasteiger partial charge in [0, 0.05) is 0 Å². The average Bonchev–Trinajstić information content (AvgIpc) is 2.85. The Balaban J connectivity index is 1.64. The topological polar surface area (TPSA) is 113 Å². The van der Waals surface area contributed by atoms with E-state index < -0.39 is 16.0 Å². The molecule has 0 aliphatic heterocycles. The van der Waals surface area contributed by atoms with Crippen LogP contribution >= 0.6 is 0 Å². The Kier molecular flexibility index (Phi) is 8.32. The second-order valence-corrected chi connectivity index (χ2v) is 8.96. The number of aryl methyl sites for hydroxylation is 2. The van der Waals surface area contributed by atoms with E-state index in [1.54, 1.807) is 56.3 Å². The Labute approximate surface area is 204 Å². The minimum atomic E-state index is -4.07. The van der Waals surface area contributed by atoms with Crippen LogP contribution in [0.25, 0.3) is 0 Å². The van der Waals surface area contributed by atoms with Crippen LogP contribution in [0.2, 0.25) is 0 Å².